The van der Waals surface area contributed by atoms with Crippen molar-refractivity contribution in [3.63, 3.8) is 0 Å². The van der Waals surface area contributed by atoms with Gasteiger partial charge < -0.3 is 10.3 Å². The van der Waals surface area contributed by atoms with E-state index in [0.717, 1.165) is 22.2 Å². The van der Waals surface area contributed by atoms with Crippen molar-refractivity contribution in [1.29, 1.82) is 0 Å². The number of aryl methyl sites for hydroxylation is 1. The Morgan fingerprint density at radius 2 is 1.87 bits per heavy atom. The van der Waals surface area contributed by atoms with Crippen LogP contribution in [0.5, 0.6) is 0 Å². The normalized spacial score (nSPS) is 10.3. The molecule has 6 heteroatoms. The number of thiocarbonyl (C=S) groups is 1. The van der Waals surface area contributed by atoms with Crippen LogP contribution < -0.4 is 21.7 Å². The van der Waals surface area contributed by atoms with Gasteiger partial charge in [0.1, 0.15) is 0 Å². The molecule has 0 saturated carbocycles. The fourth-order valence-corrected chi connectivity index (χ4v) is 2.45. The molecule has 0 spiro atoms. The Morgan fingerprint density at radius 1 is 1.09 bits per heavy atom. The average Bonchev–Trinajstić information content (AvgIpc) is 2.54. The number of hydrogen-bond donors (Lipinski definition) is 4. The maximum absolute atomic E-state index is 11.8. The molecule has 1 heterocycles. The quantitative estimate of drug-likeness (QED) is 0.440. The topological polar surface area (TPSA) is 69.0 Å². The Balaban J connectivity index is 1.77. The van der Waals surface area contributed by atoms with E-state index in [1.807, 2.05) is 55.5 Å². The zero-order chi connectivity index (χ0) is 16.2. The number of H-pyrrole nitrogens is 1. The third-order valence-corrected chi connectivity index (χ3v) is 3.55. The summed E-state index contributed by atoms with van der Waals surface area (Å²) >= 11 is 5.25. The van der Waals surface area contributed by atoms with Gasteiger partial charge >= 0.3 is 0 Å². The number of para-hydroxylation sites is 1. The maximum atomic E-state index is 11.8. The molecule has 0 aliphatic rings. The van der Waals surface area contributed by atoms with E-state index in [9.17, 15) is 4.79 Å². The van der Waals surface area contributed by atoms with Gasteiger partial charge in [-0.3, -0.25) is 15.6 Å². The van der Waals surface area contributed by atoms with E-state index in [4.69, 9.17) is 12.2 Å². The van der Waals surface area contributed by atoms with Gasteiger partial charge in [-0.15, -0.1) is 0 Å². The molecule has 0 atom stereocenters. The number of hydrazine groups is 1. The summed E-state index contributed by atoms with van der Waals surface area (Å²) in [7, 11) is 0. The van der Waals surface area contributed by atoms with Crippen LogP contribution in [0.25, 0.3) is 10.9 Å². The summed E-state index contributed by atoms with van der Waals surface area (Å²) < 4.78 is 0. The molecule has 0 amide bonds. The predicted octanol–water partition coefficient (Wildman–Crippen LogP) is 3.15. The van der Waals surface area contributed by atoms with Crippen molar-refractivity contribution in [1.82, 2.24) is 10.4 Å². The number of rotatable bonds is 3. The Labute approximate surface area is 138 Å². The number of benzene rings is 2. The molecule has 0 radical (unpaired) electrons. The molecule has 0 aliphatic carbocycles. The predicted molar refractivity (Wildman–Crippen MR) is 98.7 cm³/mol. The SMILES string of the molecule is Cc1ccc2[nH]c(=O)cc(NNC(=S)Nc3ccccc3)c2c1. The van der Waals surface area contributed by atoms with Crippen LogP contribution >= 0.6 is 12.2 Å². The molecule has 4 N–H and O–H groups in total. The molecule has 23 heavy (non-hydrogen) atoms. The van der Waals surface area contributed by atoms with Crippen LogP contribution in [0, 0.1) is 6.92 Å². The monoisotopic (exact) mass is 324 g/mol. The van der Waals surface area contributed by atoms with E-state index in [1.54, 1.807) is 0 Å². The highest BCUT2D eigenvalue weighted by molar-refractivity contribution is 7.80. The van der Waals surface area contributed by atoms with Crippen LogP contribution in [-0.4, -0.2) is 10.1 Å². The summed E-state index contributed by atoms with van der Waals surface area (Å²) in [6.45, 7) is 2.00. The van der Waals surface area contributed by atoms with Crippen LogP contribution in [0.2, 0.25) is 0 Å². The minimum Gasteiger partial charge on any atom is -0.331 e. The number of nitrogens with one attached hydrogen (secondary N) is 4. The Hall–Kier alpha value is -2.86. The van der Waals surface area contributed by atoms with E-state index in [0.29, 0.717) is 10.8 Å². The standard InChI is InChI=1S/C17H16N4OS/c1-11-7-8-14-13(9-11)15(10-16(22)19-14)20-21-17(23)18-12-5-3-2-4-6-12/h2-10H,1H3,(H2,18,21,23)(H2,19,20,22). The summed E-state index contributed by atoms with van der Waals surface area (Å²) in [4.78, 5) is 14.6. The third kappa shape index (κ3) is 3.67. The Kier molecular flexibility index (Phi) is 4.25. The van der Waals surface area contributed by atoms with E-state index < -0.39 is 0 Å². The fraction of sp³-hybridized carbons (Fsp3) is 0.0588. The molecular weight excluding hydrogens is 308 g/mol. The number of fused-ring (bicyclic) bond motifs is 1. The molecule has 0 unspecified atom stereocenters. The van der Waals surface area contributed by atoms with Crippen LogP contribution in [0.15, 0.2) is 59.4 Å². The lowest BCUT2D eigenvalue weighted by Crippen LogP contribution is -2.33. The molecule has 3 aromatic rings. The second-order valence-electron chi connectivity index (χ2n) is 5.17. The van der Waals surface area contributed by atoms with Crippen molar-refractivity contribution in [2.45, 2.75) is 6.92 Å². The van der Waals surface area contributed by atoms with Crippen LogP contribution in [0.4, 0.5) is 11.4 Å². The van der Waals surface area contributed by atoms with Crippen LogP contribution in [0.1, 0.15) is 5.56 Å². The molecule has 5 nitrogen and oxygen atoms in total. The number of hydrogen-bond acceptors (Lipinski definition) is 3. The highest BCUT2D eigenvalue weighted by Crippen LogP contribution is 2.20. The summed E-state index contributed by atoms with van der Waals surface area (Å²) in [5.41, 5.74) is 9.17. The lowest BCUT2D eigenvalue weighted by molar-refractivity contribution is 1.13. The summed E-state index contributed by atoms with van der Waals surface area (Å²) in [5.74, 6) is 0. The third-order valence-electron chi connectivity index (χ3n) is 3.34. The first-order chi connectivity index (χ1) is 11.1. The smallest absolute Gasteiger partial charge is 0.250 e. The Morgan fingerprint density at radius 3 is 2.65 bits per heavy atom. The van der Waals surface area contributed by atoms with Crippen molar-refractivity contribution in [2.75, 3.05) is 10.7 Å². The maximum Gasteiger partial charge on any atom is 0.250 e. The van der Waals surface area contributed by atoms with Crippen molar-refractivity contribution < 1.29 is 0 Å². The minimum absolute atomic E-state index is 0.174. The van der Waals surface area contributed by atoms with Crippen molar-refractivity contribution >= 4 is 39.6 Å². The van der Waals surface area contributed by atoms with Crippen molar-refractivity contribution in [2.24, 2.45) is 0 Å². The van der Waals surface area contributed by atoms with E-state index in [-0.39, 0.29) is 5.56 Å². The molecule has 116 valence electrons. The van der Waals surface area contributed by atoms with Gasteiger partial charge in [-0.25, -0.2) is 0 Å². The largest absolute Gasteiger partial charge is 0.331 e. The van der Waals surface area contributed by atoms with Crippen molar-refractivity contribution in [3.05, 3.63) is 70.5 Å². The van der Waals surface area contributed by atoms with E-state index in [2.05, 4.69) is 21.2 Å². The van der Waals surface area contributed by atoms with Gasteiger partial charge in [-0.2, -0.15) is 0 Å². The van der Waals surface area contributed by atoms with Gasteiger partial charge in [-0.05, 0) is 43.4 Å². The van der Waals surface area contributed by atoms with Gasteiger partial charge in [0.05, 0.1) is 11.2 Å². The first-order valence-corrected chi connectivity index (χ1v) is 7.54. The molecular formula is C17H16N4OS. The highest BCUT2D eigenvalue weighted by atomic mass is 32.1. The molecule has 2 aromatic carbocycles. The molecule has 0 fully saturated rings. The minimum atomic E-state index is -0.174. The molecule has 0 aliphatic heterocycles. The van der Waals surface area contributed by atoms with E-state index >= 15 is 0 Å². The first-order valence-electron chi connectivity index (χ1n) is 7.13. The Bertz CT molecular complexity index is 905. The van der Waals surface area contributed by atoms with Gasteiger partial charge in [0, 0.05) is 17.1 Å². The number of aromatic amines is 1. The second-order valence-corrected chi connectivity index (χ2v) is 5.57. The number of aromatic nitrogens is 1. The highest BCUT2D eigenvalue weighted by Gasteiger charge is 2.04. The summed E-state index contributed by atoms with van der Waals surface area (Å²) in [5, 5.41) is 4.39. The summed E-state index contributed by atoms with van der Waals surface area (Å²) in [6.07, 6.45) is 0. The van der Waals surface area contributed by atoms with Gasteiger partial charge in [0.15, 0.2) is 5.11 Å². The first kappa shape index (κ1) is 15.1. The molecule has 1 aromatic heterocycles. The zero-order valence-electron chi connectivity index (χ0n) is 12.5. The van der Waals surface area contributed by atoms with Gasteiger partial charge in [0.2, 0.25) is 0 Å². The molecule has 0 saturated heterocycles. The lowest BCUT2D eigenvalue weighted by atomic mass is 10.1. The van der Waals surface area contributed by atoms with Gasteiger partial charge in [-0.1, -0.05) is 29.8 Å². The number of anilines is 2. The zero-order valence-corrected chi connectivity index (χ0v) is 13.3. The summed E-state index contributed by atoms with van der Waals surface area (Å²) in [6, 6.07) is 17.0. The van der Waals surface area contributed by atoms with Crippen LogP contribution in [-0.2, 0) is 0 Å². The van der Waals surface area contributed by atoms with Gasteiger partial charge in [0.25, 0.3) is 5.56 Å². The van der Waals surface area contributed by atoms with Crippen LogP contribution in [0.3, 0.4) is 0 Å². The molecule has 3 rings (SSSR count). The fourth-order valence-electron chi connectivity index (χ4n) is 2.28. The van der Waals surface area contributed by atoms with E-state index in [1.165, 1.54) is 6.07 Å². The number of pyridine rings is 1. The van der Waals surface area contributed by atoms with Crippen molar-refractivity contribution in [3.8, 4) is 0 Å². The average molecular weight is 324 g/mol. The second kappa shape index (κ2) is 6.50. The lowest BCUT2D eigenvalue weighted by Gasteiger charge is -2.14. The molecule has 0 bridgehead atoms.